The second-order valence-corrected chi connectivity index (χ2v) is 5.60. The maximum Gasteiger partial charge on any atom is 0.0376 e. The third-order valence-corrected chi connectivity index (χ3v) is 4.96. The van der Waals surface area contributed by atoms with E-state index < -0.39 is 0 Å². The highest BCUT2D eigenvalue weighted by Gasteiger charge is 2.60. The van der Waals surface area contributed by atoms with Gasteiger partial charge in [0.1, 0.15) is 0 Å². The molecule has 78 valence electrons. The van der Waals surface area contributed by atoms with E-state index in [1.807, 2.05) is 0 Å². The number of rotatable bonds is 1. The molecule has 0 bridgehead atoms. The van der Waals surface area contributed by atoms with Crippen LogP contribution in [0, 0.1) is 11.3 Å². The molecule has 1 heterocycles. The molecule has 2 aliphatic carbocycles. The summed E-state index contributed by atoms with van der Waals surface area (Å²) in [4.78, 5) is 0. The quantitative estimate of drug-likeness (QED) is 0.731. The molecule has 1 nitrogen and oxygen atoms in total. The van der Waals surface area contributed by atoms with E-state index in [2.05, 4.69) is 29.6 Å². The maximum absolute atomic E-state index is 3.56. The highest BCUT2D eigenvalue weighted by molar-refractivity contribution is 5.58. The van der Waals surface area contributed by atoms with E-state index in [4.69, 9.17) is 0 Å². The van der Waals surface area contributed by atoms with E-state index in [1.165, 1.54) is 37.9 Å². The lowest BCUT2D eigenvalue weighted by Gasteiger charge is -2.28. The molecule has 2 unspecified atom stereocenters. The molecular formula is C14H17N. The Morgan fingerprint density at radius 3 is 2.80 bits per heavy atom. The monoisotopic (exact) mass is 199 g/mol. The minimum atomic E-state index is 0.809. The summed E-state index contributed by atoms with van der Waals surface area (Å²) in [5.41, 5.74) is 3.79. The fourth-order valence-corrected chi connectivity index (χ4v) is 3.82. The normalized spacial score (nSPS) is 34.4. The first-order valence-electron chi connectivity index (χ1n) is 6.22. The van der Waals surface area contributed by atoms with E-state index >= 15 is 0 Å². The SMILES string of the molecule is c1ccc2c(c1)NCC2C1CC12CCC2. The van der Waals surface area contributed by atoms with Gasteiger partial charge in [-0.15, -0.1) is 0 Å². The molecule has 4 rings (SSSR count). The smallest absolute Gasteiger partial charge is 0.0376 e. The Morgan fingerprint density at radius 1 is 1.20 bits per heavy atom. The lowest BCUT2D eigenvalue weighted by molar-refractivity contribution is 0.248. The lowest BCUT2D eigenvalue weighted by atomic mass is 9.76. The molecule has 1 spiro atoms. The summed E-state index contributed by atoms with van der Waals surface area (Å²) in [5.74, 6) is 1.82. The van der Waals surface area contributed by atoms with E-state index in [0.29, 0.717) is 0 Å². The number of benzene rings is 1. The number of nitrogens with one attached hydrogen (secondary N) is 1. The van der Waals surface area contributed by atoms with Crippen LogP contribution < -0.4 is 5.32 Å². The van der Waals surface area contributed by atoms with Crippen molar-refractivity contribution in [2.75, 3.05) is 11.9 Å². The van der Waals surface area contributed by atoms with Crippen LogP contribution in [0.25, 0.3) is 0 Å². The first-order chi connectivity index (χ1) is 7.39. The average Bonchev–Trinajstić information content (AvgIpc) is 2.85. The van der Waals surface area contributed by atoms with Crippen molar-refractivity contribution in [3.63, 3.8) is 0 Å². The van der Waals surface area contributed by atoms with Gasteiger partial charge in [-0.05, 0) is 42.2 Å². The molecule has 1 aromatic carbocycles. The van der Waals surface area contributed by atoms with Crippen LogP contribution >= 0.6 is 0 Å². The molecule has 1 aliphatic heterocycles. The van der Waals surface area contributed by atoms with E-state index in [9.17, 15) is 0 Å². The molecule has 2 saturated carbocycles. The standard InChI is InChI=1S/C14H17N/c1-2-5-13-10(4-1)11(9-15-13)12-8-14(12)6-3-7-14/h1-2,4-5,11-12,15H,3,6-9H2. The highest BCUT2D eigenvalue weighted by Crippen LogP contribution is 2.70. The number of anilines is 1. The molecule has 1 N–H and O–H groups in total. The fraction of sp³-hybridized carbons (Fsp3) is 0.571. The van der Waals surface area contributed by atoms with E-state index in [0.717, 1.165) is 17.3 Å². The number of fused-ring (bicyclic) bond motifs is 1. The zero-order valence-electron chi connectivity index (χ0n) is 9.00. The Hall–Kier alpha value is -0.980. The van der Waals surface area contributed by atoms with E-state index in [-0.39, 0.29) is 0 Å². The van der Waals surface area contributed by atoms with Gasteiger partial charge in [-0.3, -0.25) is 0 Å². The molecule has 0 aromatic heterocycles. The highest BCUT2D eigenvalue weighted by atomic mass is 14.9. The Morgan fingerprint density at radius 2 is 2.07 bits per heavy atom. The third-order valence-electron chi connectivity index (χ3n) is 4.96. The van der Waals surface area contributed by atoms with Gasteiger partial charge in [0, 0.05) is 18.2 Å². The minimum absolute atomic E-state index is 0.809. The number of para-hydroxylation sites is 1. The van der Waals surface area contributed by atoms with Crippen molar-refractivity contribution in [1.29, 1.82) is 0 Å². The van der Waals surface area contributed by atoms with Gasteiger partial charge in [0.25, 0.3) is 0 Å². The van der Waals surface area contributed by atoms with Gasteiger partial charge in [0.15, 0.2) is 0 Å². The Balaban J connectivity index is 1.65. The molecule has 15 heavy (non-hydrogen) atoms. The van der Waals surface area contributed by atoms with Gasteiger partial charge >= 0.3 is 0 Å². The van der Waals surface area contributed by atoms with Crippen LogP contribution in [0.4, 0.5) is 5.69 Å². The summed E-state index contributed by atoms with van der Waals surface area (Å²) in [5, 5.41) is 3.56. The zero-order valence-corrected chi connectivity index (χ0v) is 9.00. The fourth-order valence-electron chi connectivity index (χ4n) is 3.82. The third kappa shape index (κ3) is 0.987. The predicted molar refractivity (Wildman–Crippen MR) is 62.1 cm³/mol. The Kier molecular flexibility index (Phi) is 1.41. The minimum Gasteiger partial charge on any atom is -0.384 e. The second kappa shape index (κ2) is 2.58. The van der Waals surface area contributed by atoms with Crippen LogP contribution in [0.5, 0.6) is 0 Å². The van der Waals surface area contributed by atoms with Crippen molar-refractivity contribution in [3.8, 4) is 0 Å². The molecule has 0 radical (unpaired) electrons. The molecule has 2 fully saturated rings. The predicted octanol–water partition coefficient (Wildman–Crippen LogP) is 3.39. The van der Waals surface area contributed by atoms with Crippen LogP contribution in [0.2, 0.25) is 0 Å². The average molecular weight is 199 g/mol. The summed E-state index contributed by atoms with van der Waals surface area (Å²) in [6.45, 7) is 1.19. The number of hydrogen-bond donors (Lipinski definition) is 1. The number of hydrogen-bond acceptors (Lipinski definition) is 1. The zero-order chi connectivity index (χ0) is 9.88. The molecule has 1 heteroatoms. The van der Waals surface area contributed by atoms with Crippen molar-refractivity contribution in [1.82, 2.24) is 0 Å². The largest absolute Gasteiger partial charge is 0.384 e. The summed E-state index contributed by atoms with van der Waals surface area (Å²) >= 11 is 0. The summed E-state index contributed by atoms with van der Waals surface area (Å²) in [7, 11) is 0. The second-order valence-electron chi connectivity index (χ2n) is 5.60. The van der Waals surface area contributed by atoms with Crippen LogP contribution in [-0.2, 0) is 0 Å². The van der Waals surface area contributed by atoms with Gasteiger partial charge in [0.05, 0.1) is 0 Å². The summed E-state index contributed by atoms with van der Waals surface area (Å²) in [6.07, 6.45) is 6.01. The van der Waals surface area contributed by atoms with Crippen molar-refractivity contribution in [3.05, 3.63) is 29.8 Å². The van der Waals surface area contributed by atoms with E-state index in [1.54, 1.807) is 5.56 Å². The topological polar surface area (TPSA) is 12.0 Å². The summed E-state index contributed by atoms with van der Waals surface area (Å²) < 4.78 is 0. The molecular weight excluding hydrogens is 182 g/mol. The molecule has 2 atom stereocenters. The van der Waals surface area contributed by atoms with Crippen LogP contribution in [0.3, 0.4) is 0 Å². The van der Waals surface area contributed by atoms with Crippen LogP contribution in [-0.4, -0.2) is 6.54 Å². The Bertz CT molecular complexity index is 406. The maximum atomic E-state index is 3.56. The van der Waals surface area contributed by atoms with Gasteiger partial charge in [-0.25, -0.2) is 0 Å². The van der Waals surface area contributed by atoms with Gasteiger partial charge in [-0.2, -0.15) is 0 Å². The van der Waals surface area contributed by atoms with Gasteiger partial charge < -0.3 is 5.32 Å². The van der Waals surface area contributed by atoms with Gasteiger partial charge in [-0.1, -0.05) is 24.6 Å². The molecule has 0 saturated heterocycles. The molecule has 0 amide bonds. The first-order valence-corrected chi connectivity index (χ1v) is 6.22. The van der Waals surface area contributed by atoms with Crippen molar-refractivity contribution in [2.45, 2.75) is 31.6 Å². The van der Waals surface area contributed by atoms with Crippen molar-refractivity contribution in [2.24, 2.45) is 11.3 Å². The molecule has 3 aliphatic rings. The lowest BCUT2D eigenvalue weighted by Crippen LogP contribution is -2.18. The van der Waals surface area contributed by atoms with Crippen LogP contribution in [0.1, 0.15) is 37.2 Å². The van der Waals surface area contributed by atoms with Gasteiger partial charge in [0.2, 0.25) is 0 Å². The van der Waals surface area contributed by atoms with Crippen molar-refractivity contribution >= 4 is 5.69 Å². The van der Waals surface area contributed by atoms with Crippen LogP contribution in [0.15, 0.2) is 24.3 Å². The first kappa shape index (κ1) is 8.20. The summed E-state index contributed by atoms with van der Waals surface area (Å²) in [6, 6.07) is 8.88. The Labute approximate surface area is 90.9 Å². The molecule has 1 aromatic rings. The van der Waals surface area contributed by atoms with Crippen molar-refractivity contribution < 1.29 is 0 Å².